The van der Waals surface area contributed by atoms with Gasteiger partial charge in [-0.1, -0.05) is 143 Å². The molecule has 0 aromatic rings. The molecule has 0 bridgehead atoms. The number of rotatable bonds is 37. The van der Waals surface area contributed by atoms with Crippen LogP contribution in [0.1, 0.15) is 123 Å². The zero-order valence-electron chi connectivity index (χ0n) is 35.1. The lowest BCUT2D eigenvalue weighted by atomic mass is 10.1. The summed E-state index contributed by atoms with van der Waals surface area (Å²) in [5, 5.41) is 30.5. The Labute approximate surface area is 348 Å². The Morgan fingerprint density at radius 2 is 1.26 bits per heavy atom. The van der Waals surface area contributed by atoms with Crippen molar-refractivity contribution in [3.05, 3.63) is 97.2 Å². The zero-order valence-corrected chi connectivity index (χ0v) is 36.0. The number of esters is 2. The van der Waals surface area contributed by atoms with E-state index in [1.165, 1.54) is 6.08 Å². The molecule has 0 fully saturated rings. The van der Waals surface area contributed by atoms with Gasteiger partial charge in [-0.05, 0) is 64.2 Å². The third kappa shape index (κ3) is 37.1. The minimum atomic E-state index is -4.49. The van der Waals surface area contributed by atoms with Gasteiger partial charge in [0.1, 0.15) is 6.61 Å². The highest BCUT2D eigenvalue weighted by atomic mass is 31.2. The SMILES string of the molecule is CC/C=C\C/C=C\C/C=C\C/C=C\CCCCCCC(=O)OC[C@H](COP(=O)(O)OCCN)OC(=O)CCC[C@H](O)[C@@H](O)/C=C/C=C/C=C\C=C\[C@@H](O)CCCCC. The number of allylic oxidation sites excluding steroid dienone is 14. The smallest absolute Gasteiger partial charge is 0.462 e. The standard InChI is InChI=1S/C45H74NO11P/c1-3-5-7-8-9-10-11-12-13-14-15-16-17-18-19-24-28-34-44(50)54-38-41(39-56-58(52,53)55-37-36-46)57-45(51)35-29-33-43(49)42(48)32-27-23-21-20-22-26-31-40(47)30-25-6-4-2/h5,7,9-10,12-13,15-16,20-23,26-27,31-32,40-43,47-49H,3-4,6,8,11,14,17-19,24-25,28-30,33-39,46H2,1-2H3,(H,52,53)/b7-5-,10-9-,13-12-,16-15-,22-20-,23-21+,31-26+,32-27+/t40-,41+,42-,43-/m0/s1. The Morgan fingerprint density at radius 3 is 1.91 bits per heavy atom. The number of nitrogens with two attached hydrogens (primary N) is 1. The minimum absolute atomic E-state index is 0.0115. The average molecular weight is 836 g/mol. The van der Waals surface area contributed by atoms with Crippen molar-refractivity contribution in [3.8, 4) is 0 Å². The number of unbranched alkanes of at least 4 members (excludes halogenated alkanes) is 6. The van der Waals surface area contributed by atoms with E-state index in [9.17, 15) is 34.4 Å². The van der Waals surface area contributed by atoms with Gasteiger partial charge in [-0.25, -0.2) is 4.57 Å². The highest BCUT2D eigenvalue weighted by Gasteiger charge is 2.26. The van der Waals surface area contributed by atoms with Gasteiger partial charge in [-0.3, -0.25) is 18.6 Å². The van der Waals surface area contributed by atoms with Crippen molar-refractivity contribution in [3.63, 3.8) is 0 Å². The van der Waals surface area contributed by atoms with Crippen LogP contribution in [0.15, 0.2) is 97.2 Å². The molecule has 58 heavy (non-hydrogen) atoms. The Morgan fingerprint density at radius 1 is 0.655 bits per heavy atom. The van der Waals surface area contributed by atoms with Crippen molar-refractivity contribution < 1.29 is 52.9 Å². The van der Waals surface area contributed by atoms with E-state index in [-0.39, 0.29) is 45.4 Å². The van der Waals surface area contributed by atoms with Crippen molar-refractivity contribution in [2.75, 3.05) is 26.4 Å². The van der Waals surface area contributed by atoms with Gasteiger partial charge in [0, 0.05) is 19.4 Å². The molecule has 0 rings (SSSR count). The summed E-state index contributed by atoms with van der Waals surface area (Å²) in [7, 11) is -4.49. The van der Waals surface area contributed by atoms with Gasteiger partial charge < -0.3 is 35.4 Å². The second kappa shape index (κ2) is 39.3. The number of phosphoric ester groups is 1. The van der Waals surface area contributed by atoms with Crippen LogP contribution >= 0.6 is 7.82 Å². The summed E-state index contributed by atoms with van der Waals surface area (Å²) in [6.45, 7) is 3.05. The Hall–Kier alpha value is -3.19. The molecule has 0 saturated heterocycles. The van der Waals surface area contributed by atoms with E-state index in [2.05, 4.69) is 62.5 Å². The fourth-order valence-electron chi connectivity index (χ4n) is 5.07. The first-order chi connectivity index (χ1) is 28.0. The largest absolute Gasteiger partial charge is 0.472 e. The highest BCUT2D eigenvalue weighted by molar-refractivity contribution is 7.47. The number of phosphoric acid groups is 1. The summed E-state index contributed by atoms with van der Waals surface area (Å²) >= 11 is 0. The van der Waals surface area contributed by atoms with Crippen LogP contribution in [-0.2, 0) is 32.7 Å². The van der Waals surface area contributed by atoms with Crippen LogP contribution in [0.3, 0.4) is 0 Å². The molecule has 13 heteroatoms. The first kappa shape index (κ1) is 54.8. The molecule has 0 amide bonds. The number of aliphatic hydroxyl groups excluding tert-OH is 3. The molecule has 0 aliphatic carbocycles. The fourth-order valence-corrected chi connectivity index (χ4v) is 5.83. The predicted octanol–water partition coefficient (Wildman–Crippen LogP) is 8.74. The maximum absolute atomic E-state index is 12.6. The van der Waals surface area contributed by atoms with Gasteiger partial charge in [0.2, 0.25) is 0 Å². The maximum Gasteiger partial charge on any atom is 0.472 e. The van der Waals surface area contributed by atoms with Crippen molar-refractivity contribution in [2.24, 2.45) is 5.73 Å². The van der Waals surface area contributed by atoms with Crippen molar-refractivity contribution in [1.82, 2.24) is 0 Å². The number of carbonyl (C=O) groups excluding carboxylic acids is 2. The number of carbonyl (C=O) groups is 2. The Balaban J connectivity index is 4.58. The first-order valence-electron chi connectivity index (χ1n) is 21.0. The van der Waals surface area contributed by atoms with E-state index >= 15 is 0 Å². The average Bonchev–Trinajstić information content (AvgIpc) is 3.20. The molecule has 12 nitrogen and oxygen atoms in total. The monoisotopic (exact) mass is 835 g/mol. The molecule has 0 aliphatic heterocycles. The summed E-state index contributed by atoms with van der Waals surface area (Å²) in [4.78, 5) is 34.9. The quantitative estimate of drug-likeness (QED) is 0.0132. The van der Waals surface area contributed by atoms with E-state index in [1.54, 1.807) is 42.5 Å². The van der Waals surface area contributed by atoms with Gasteiger partial charge in [0.05, 0.1) is 31.5 Å². The van der Waals surface area contributed by atoms with Gasteiger partial charge in [0.25, 0.3) is 0 Å². The number of aliphatic hydroxyl groups is 3. The van der Waals surface area contributed by atoms with Crippen molar-refractivity contribution in [1.29, 1.82) is 0 Å². The van der Waals surface area contributed by atoms with Crippen LogP contribution in [0.5, 0.6) is 0 Å². The third-order valence-corrected chi connectivity index (χ3v) is 9.30. The van der Waals surface area contributed by atoms with E-state index < -0.39 is 50.8 Å². The van der Waals surface area contributed by atoms with E-state index in [4.69, 9.17) is 24.3 Å². The Bertz CT molecular complexity index is 1320. The second-order valence-corrected chi connectivity index (χ2v) is 15.1. The lowest BCUT2D eigenvalue weighted by Gasteiger charge is -2.20. The highest BCUT2D eigenvalue weighted by Crippen LogP contribution is 2.43. The molecule has 0 aromatic carbocycles. The molecule has 1 unspecified atom stereocenters. The lowest BCUT2D eigenvalue weighted by Crippen LogP contribution is -2.30. The molecule has 0 aliphatic rings. The number of ether oxygens (including phenoxy) is 2. The molecule has 0 saturated carbocycles. The predicted molar refractivity (Wildman–Crippen MR) is 233 cm³/mol. The van der Waals surface area contributed by atoms with Crippen LogP contribution < -0.4 is 5.73 Å². The van der Waals surface area contributed by atoms with Crippen LogP contribution in [0.4, 0.5) is 0 Å². The van der Waals surface area contributed by atoms with Gasteiger partial charge in [-0.2, -0.15) is 0 Å². The maximum atomic E-state index is 12.6. The van der Waals surface area contributed by atoms with Gasteiger partial charge >= 0.3 is 19.8 Å². The minimum Gasteiger partial charge on any atom is -0.462 e. The van der Waals surface area contributed by atoms with Crippen LogP contribution in [-0.4, -0.2) is 82.9 Å². The van der Waals surface area contributed by atoms with E-state index in [1.807, 2.05) is 0 Å². The van der Waals surface area contributed by atoms with Crippen molar-refractivity contribution in [2.45, 2.75) is 147 Å². The van der Waals surface area contributed by atoms with Gasteiger partial charge in [0.15, 0.2) is 6.10 Å². The Kier molecular flexibility index (Phi) is 37.1. The molecular formula is C45H74NO11P. The summed E-state index contributed by atoms with van der Waals surface area (Å²) < 4.78 is 32.5. The summed E-state index contributed by atoms with van der Waals surface area (Å²) in [5.41, 5.74) is 5.32. The summed E-state index contributed by atoms with van der Waals surface area (Å²) in [5.74, 6) is -1.20. The molecule has 0 radical (unpaired) electrons. The van der Waals surface area contributed by atoms with Crippen molar-refractivity contribution >= 4 is 19.8 Å². The van der Waals surface area contributed by atoms with E-state index in [0.717, 1.165) is 77.0 Å². The fraction of sp³-hybridized carbons (Fsp3) is 0.600. The molecule has 0 spiro atoms. The topological polar surface area (TPSA) is 195 Å². The normalized spacial score (nSPS) is 15.9. The molecule has 0 aromatic heterocycles. The van der Waals surface area contributed by atoms with E-state index in [0.29, 0.717) is 6.42 Å². The van der Waals surface area contributed by atoms with Gasteiger partial charge in [-0.15, -0.1) is 0 Å². The zero-order chi connectivity index (χ0) is 43.0. The third-order valence-electron chi connectivity index (χ3n) is 8.32. The van der Waals surface area contributed by atoms with Crippen LogP contribution in [0, 0.1) is 0 Å². The molecule has 330 valence electrons. The number of hydrogen-bond acceptors (Lipinski definition) is 11. The molecule has 5 atom stereocenters. The van der Waals surface area contributed by atoms with Crippen LogP contribution in [0.25, 0.3) is 0 Å². The first-order valence-corrected chi connectivity index (χ1v) is 22.5. The summed E-state index contributed by atoms with van der Waals surface area (Å²) in [6, 6.07) is 0. The number of hydrogen-bond donors (Lipinski definition) is 5. The summed E-state index contributed by atoms with van der Waals surface area (Å²) in [6.07, 6.45) is 39.5. The molecule has 0 heterocycles. The lowest BCUT2D eigenvalue weighted by molar-refractivity contribution is -0.161. The molecular weight excluding hydrogens is 761 g/mol. The second-order valence-electron chi connectivity index (χ2n) is 13.7. The van der Waals surface area contributed by atoms with Crippen LogP contribution in [0.2, 0.25) is 0 Å². The molecule has 6 N–H and O–H groups in total.